The highest BCUT2D eigenvalue weighted by molar-refractivity contribution is 6.29. The van der Waals surface area contributed by atoms with E-state index in [1.54, 1.807) is 19.1 Å². The van der Waals surface area contributed by atoms with Gasteiger partial charge < -0.3 is 10.4 Å². The molecule has 1 amide bonds. The van der Waals surface area contributed by atoms with Gasteiger partial charge in [-0.1, -0.05) is 12.1 Å². The molecule has 1 aromatic carbocycles. The number of benzene rings is 1. The Labute approximate surface area is 91.1 Å². The van der Waals surface area contributed by atoms with Gasteiger partial charge in [0, 0.05) is 5.56 Å². The molecule has 16 heavy (non-hydrogen) atoms. The van der Waals surface area contributed by atoms with Crippen molar-refractivity contribution in [2.45, 2.75) is 6.92 Å². The van der Waals surface area contributed by atoms with Crippen molar-refractivity contribution in [1.82, 2.24) is 0 Å². The summed E-state index contributed by atoms with van der Waals surface area (Å²) in [6, 6.07) is 4.91. The van der Waals surface area contributed by atoms with E-state index in [9.17, 15) is 14.4 Å². The Morgan fingerprint density at radius 2 is 2.06 bits per heavy atom. The molecule has 0 aliphatic carbocycles. The van der Waals surface area contributed by atoms with Gasteiger partial charge in [0.25, 0.3) is 0 Å². The zero-order valence-corrected chi connectivity index (χ0v) is 8.48. The molecule has 5 heteroatoms. The third kappa shape index (κ3) is 1.37. The standard InChI is InChI=1S/C11H9NO4/c1-5-3-2-4-6-8(5)12-10(14)7(9(6)13)11(15)16/h2-4,7H,1H3,(H,12,14)(H,15,16). The van der Waals surface area contributed by atoms with Crippen molar-refractivity contribution in [2.24, 2.45) is 5.92 Å². The van der Waals surface area contributed by atoms with Crippen LogP contribution in [-0.2, 0) is 9.59 Å². The van der Waals surface area contributed by atoms with Crippen LogP contribution in [0.1, 0.15) is 15.9 Å². The predicted molar refractivity (Wildman–Crippen MR) is 55.3 cm³/mol. The van der Waals surface area contributed by atoms with Crippen molar-refractivity contribution < 1.29 is 19.5 Å². The molecule has 0 bridgehead atoms. The maximum atomic E-state index is 11.8. The molecule has 0 fully saturated rings. The number of hydrogen-bond acceptors (Lipinski definition) is 3. The molecule has 1 unspecified atom stereocenters. The second kappa shape index (κ2) is 3.44. The van der Waals surface area contributed by atoms with Gasteiger partial charge in [0.2, 0.25) is 5.91 Å². The molecule has 0 saturated carbocycles. The number of aryl methyl sites for hydroxylation is 1. The maximum Gasteiger partial charge on any atom is 0.324 e. The molecular weight excluding hydrogens is 210 g/mol. The van der Waals surface area contributed by atoms with Crippen LogP contribution >= 0.6 is 0 Å². The fourth-order valence-electron chi connectivity index (χ4n) is 1.73. The van der Waals surface area contributed by atoms with E-state index in [2.05, 4.69) is 5.32 Å². The highest BCUT2D eigenvalue weighted by Crippen LogP contribution is 2.28. The van der Waals surface area contributed by atoms with Crippen LogP contribution < -0.4 is 5.32 Å². The van der Waals surface area contributed by atoms with Crippen LogP contribution in [0.4, 0.5) is 5.69 Å². The monoisotopic (exact) mass is 219 g/mol. The number of carboxylic acids is 1. The highest BCUT2D eigenvalue weighted by atomic mass is 16.4. The van der Waals surface area contributed by atoms with E-state index in [0.29, 0.717) is 5.69 Å². The van der Waals surface area contributed by atoms with Crippen molar-refractivity contribution in [3.8, 4) is 0 Å². The molecule has 5 nitrogen and oxygen atoms in total. The Morgan fingerprint density at radius 1 is 1.38 bits per heavy atom. The number of rotatable bonds is 1. The van der Waals surface area contributed by atoms with Crippen LogP contribution in [0.15, 0.2) is 18.2 Å². The van der Waals surface area contributed by atoms with Crippen LogP contribution in [0.25, 0.3) is 0 Å². The van der Waals surface area contributed by atoms with E-state index in [1.807, 2.05) is 0 Å². The number of ketones is 1. The van der Waals surface area contributed by atoms with Crippen molar-refractivity contribution in [2.75, 3.05) is 5.32 Å². The molecule has 0 radical (unpaired) electrons. The van der Waals surface area contributed by atoms with Crippen molar-refractivity contribution in [1.29, 1.82) is 0 Å². The highest BCUT2D eigenvalue weighted by Gasteiger charge is 2.40. The number of anilines is 1. The zero-order chi connectivity index (χ0) is 11.9. The molecule has 0 aromatic heterocycles. The molecule has 0 spiro atoms. The molecular formula is C11H9NO4. The van der Waals surface area contributed by atoms with Crippen molar-refractivity contribution in [3.63, 3.8) is 0 Å². The summed E-state index contributed by atoms with van der Waals surface area (Å²) in [4.78, 5) is 34.0. The summed E-state index contributed by atoms with van der Waals surface area (Å²) in [6.45, 7) is 1.74. The van der Waals surface area contributed by atoms with Crippen LogP contribution in [0.2, 0.25) is 0 Å². The average molecular weight is 219 g/mol. The lowest BCUT2D eigenvalue weighted by Crippen LogP contribution is -2.40. The molecule has 0 saturated heterocycles. The van der Waals surface area contributed by atoms with Crippen LogP contribution in [0.3, 0.4) is 0 Å². The molecule has 82 valence electrons. The Balaban J connectivity index is 2.58. The number of nitrogens with one attached hydrogen (secondary N) is 1. The van der Waals surface area contributed by atoms with Gasteiger partial charge in [-0.05, 0) is 18.6 Å². The number of fused-ring (bicyclic) bond motifs is 1. The van der Waals surface area contributed by atoms with Crippen LogP contribution in [0.5, 0.6) is 0 Å². The van der Waals surface area contributed by atoms with Crippen molar-refractivity contribution in [3.05, 3.63) is 29.3 Å². The number of carboxylic acid groups (broad SMARTS) is 1. The first kappa shape index (κ1) is 10.4. The Kier molecular flexibility index (Phi) is 2.23. The lowest BCUT2D eigenvalue weighted by molar-refractivity contribution is -0.143. The third-order valence-electron chi connectivity index (χ3n) is 2.56. The average Bonchev–Trinajstić information content (AvgIpc) is 2.19. The zero-order valence-electron chi connectivity index (χ0n) is 8.48. The maximum absolute atomic E-state index is 11.8. The molecule has 1 aliphatic heterocycles. The normalized spacial score (nSPS) is 18.9. The van der Waals surface area contributed by atoms with Gasteiger partial charge in [0.15, 0.2) is 11.7 Å². The lowest BCUT2D eigenvalue weighted by Gasteiger charge is -2.22. The van der Waals surface area contributed by atoms with Crippen LogP contribution in [0, 0.1) is 12.8 Å². The Hall–Kier alpha value is -2.17. The molecule has 1 aliphatic rings. The number of carbonyl (C=O) groups excluding carboxylic acids is 2. The van der Waals surface area contributed by atoms with Gasteiger partial charge in [-0.2, -0.15) is 0 Å². The molecule has 1 atom stereocenters. The largest absolute Gasteiger partial charge is 0.480 e. The number of aliphatic carboxylic acids is 1. The van der Waals surface area contributed by atoms with Crippen molar-refractivity contribution >= 4 is 23.3 Å². The van der Waals surface area contributed by atoms with Gasteiger partial charge in [0.05, 0.1) is 5.69 Å². The first-order valence-corrected chi connectivity index (χ1v) is 4.70. The first-order valence-electron chi connectivity index (χ1n) is 4.70. The minimum Gasteiger partial charge on any atom is -0.480 e. The minimum atomic E-state index is -1.63. The summed E-state index contributed by atoms with van der Waals surface area (Å²) < 4.78 is 0. The van der Waals surface area contributed by atoms with Gasteiger partial charge in [-0.15, -0.1) is 0 Å². The molecule has 2 rings (SSSR count). The summed E-state index contributed by atoms with van der Waals surface area (Å²) in [7, 11) is 0. The number of Topliss-reactive ketones (excluding diaryl/α,β-unsaturated/α-hetero) is 1. The van der Waals surface area contributed by atoms with E-state index in [-0.39, 0.29) is 5.56 Å². The predicted octanol–water partition coefficient (Wildman–Crippen LogP) is 0.831. The Morgan fingerprint density at radius 3 is 2.69 bits per heavy atom. The lowest BCUT2D eigenvalue weighted by atomic mass is 9.90. The number of para-hydroxylation sites is 1. The second-order valence-corrected chi connectivity index (χ2v) is 3.62. The number of amides is 1. The number of carbonyl (C=O) groups is 3. The number of hydrogen-bond donors (Lipinski definition) is 2. The van der Waals surface area contributed by atoms with E-state index in [1.165, 1.54) is 6.07 Å². The smallest absolute Gasteiger partial charge is 0.324 e. The first-order chi connectivity index (χ1) is 7.52. The summed E-state index contributed by atoms with van der Waals surface area (Å²) >= 11 is 0. The fourth-order valence-corrected chi connectivity index (χ4v) is 1.73. The minimum absolute atomic E-state index is 0.256. The fraction of sp³-hybridized carbons (Fsp3) is 0.182. The Bertz CT molecular complexity index is 507. The summed E-state index contributed by atoms with van der Waals surface area (Å²) in [5.74, 6) is -4.49. The quantitative estimate of drug-likeness (QED) is 0.685. The van der Waals surface area contributed by atoms with E-state index < -0.39 is 23.6 Å². The summed E-state index contributed by atoms with van der Waals surface area (Å²) in [6.07, 6.45) is 0. The molecule has 1 heterocycles. The van der Waals surface area contributed by atoms with Gasteiger partial charge in [-0.25, -0.2) is 0 Å². The van der Waals surface area contributed by atoms with Gasteiger partial charge in [0.1, 0.15) is 0 Å². The molecule has 2 N–H and O–H groups in total. The topological polar surface area (TPSA) is 83.5 Å². The van der Waals surface area contributed by atoms with Gasteiger partial charge >= 0.3 is 5.97 Å². The van der Waals surface area contributed by atoms with E-state index >= 15 is 0 Å². The second-order valence-electron chi connectivity index (χ2n) is 3.62. The third-order valence-corrected chi connectivity index (χ3v) is 2.56. The molecule has 1 aromatic rings. The van der Waals surface area contributed by atoms with Gasteiger partial charge in [-0.3, -0.25) is 14.4 Å². The van der Waals surface area contributed by atoms with E-state index in [4.69, 9.17) is 5.11 Å². The van der Waals surface area contributed by atoms with Crippen LogP contribution in [-0.4, -0.2) is 22.8 Å². The van der Waals surface area contributed by atoms with E-state index in [0.717, 1.165) is 5.56 Å². The SMILES string of the molecule is Cc1cccc2c1NC(=O)C(C(=O)O)C2=O. The summed E-state index contributed by atoms with van der Waals surface area (Å²) in [5, 5.41) is 11.2. The summed E-state index contributed by atoms with van der Waals surface area (Å²) in [5.41, 5.74) is 1.41.